The van der Waals surface area contributed by atoms with Crippen LogP contribution in [-0.2, 0) is 14.8 Å². The largest absolute Gasteiger partial charge is 0.481 e. The molecule has 8 heteroatoms. The smallest absolute Gasteiger partial charge is 0.303 e. The van der Waals surface area contributed by atoms with Crippen LogP contribution in [0.2, 0.25) is 0 Å². The van der Waals surface area contributed by atoms with Crippen molar-refractivity contribution in [3.63, 3.8) is 0 Å². The van der Waals surface area contributed by atoms with Gasteiger partial charge in [-0.2, -0.15) is 4.31 Å². The van der Waals surface area contributed by atoms with Crippen molar-refractivity contribution in [1.82, 2.24) is 9.62 Å². The van der Waals surface area contributed by atoms with Gasteiger partial charge in [-0.3, -0.25) is 9.59 Å². The zero-order chi connectivity index (χ0) is 19.0. The predicted molar refractivity (Wildman–Crippen MR) is 97.5 cm³/mol. The van der Waals surface area contributed by atoms with Crippen LogP contribution in [0.5, 0.6) is 0 Å². The Bertz CT molecular complexity index is 725. The van der Waals surface area contributed by atoms with Crippen molar-refractivity contribution >= 4 is 21.9 Å². The molecule has 0 unspecified atom stereocenters. The third-order valence-corrected chi connectivity index (χ3v) is 6.30. The molecule has 2 N–H and O–H groups in total. The van der Waals surface area contributed by atoms with Crippen LogP contribution in [0.4, 0.5) is 0 Å². The van der Waals surface area contributed by atoms with Gasteiger partial charge in [0.25, 0.3) is 5.91 Å². The average Bonchev–Trinajstić information content (AvgIpc) is 2.91. The first-order valence-electron chi connectivity index (χ1n) is 9.01. The maximum Gasteiger partial charge on any atom is 0.303 e. The summed E-state index contributed by atoms with van der Waals surface area (Å²) in [5.74, 6) is -1.21. The van der Waals surface area contributed by atoms with E-state index in [2.05, 4.69) is 5.32 Å². The number of nitrogens with zero attached hydrogens (tertiary/aromatic N) is 1. The van der Waals surface area contributed by atoms with Crippen molar-refractivity contribution in [3.8, 4) is 0 Å². The summed E-state index contributed by atoms with van der Waals surface area (Å²) >= 11 is 0. The van der Waals surface area contributed by atoms with Gasteiger partial charge in [-0.25, -0.2) is 8.42 Å². The maximum atomic E-state index is 12.8. The monoisotopic (exact) mass is 382 g/mol. The van der Waals surface area contributed by atoms with Gasteiger partial charge >= 0.3 is 5.97 Å². The summed E-state index contributed by atoms with van der Waals surface area (Å²) in [6, 6.07) is 6.08. The van der Waals surface area contributed by atoms with E-state index < -0.39 is 16.0 Å². The van der Waals surface area contributed by atoms with Crippen LogP contribution in [0.15, 0.2) is 29.2 Å². The van der Waals surface area contributed by atoms with Gasteiger partial charge in [0.15, 0.2) is 0 Å². The lowest BCUT2D eigenvalue weighted by Gasteiger charge is -2.20. The normalized spacial score (nSPS) is 16.0. The summed E-state index contributed by atoms with van der Waals surface area (Å²) in [7, 11) is -3.59. The highest BCUT2D eigenvalue weighted by molar-refractivity contribution is 7.89. The van der Waals surface area contributed by atoms with Crippen LogP contribution in [-0.4, -0.2) is 49.3 Å². The molecule has 26 heavy (non-hydrogen) atoms. The maximum absolute atomic E-state index is 12.8. The molecule has 1 aliphatic rings. The van der Waals surface area contributed by atoms with Gasteiger partial charge < -0.3 is 10.4 Å². The highest BCUT2D eigenvalue weighted by Crippen LogP contribution is 2.21. The molecule has 0 spiro atoms. The van der Waals surface area contributed by atoms with Gasteiger partial charge in [0.2, 0.25) is 10.0 Å². The molecule has 1 heterocycles. The SMILES string of the molecule is O=C(O)CCCCNC(=O)c1cccc(S(=O)(=O)N2CCCCCC2)c1. The van der Waals surface area contributed by atoms with Gasteiger partial charge in [-0.1, -0.05) is 18.9 Å². The highest BCUT2D eigenvalue weighted by atomic mass is 32.2. The van der Waals surface area contributed by atoms with Crippen LogP contribution in [0.3, 0.4) is 0 Å². The molecule has 0 aromatic heterocycles. The van der Waals surface area contributed by atoms with Crippen molar-refractivity contribution in [3.05, 3.63) is 29.8 Å². The van der Waals surface area contributed by atoms with Crippen LogP contribution in [0.1, 0.15) is 55.3 Å². The summed E-state index contributed by atoms with van der Waals surface area (Å²) in [5, 5.41) is 11.3. The van der Waals surface area contributed by atoms with Crippen molar-refractivity contribution in [2.45, 2.75) is 49.8 Å². The highest BCUT2D eigenvalue weighted by Gasteiger charge is 2.25. The minimum absolute atomic E-state index is 0.0689. The Labute approximate surface area is 154 Å². The lowest BCUT2D eigenvalue weighted by molar-refractivity contribution is -0.137. The molecule has 0 radical (unpaired) electrons. The van der Waals surface area contributed by atoms with Crippen LogP contribution in [0, 0.1) is 0 Å². The number of hydrogen-bond acceptors (Lipinski definition) is 4. The molecule has 1 aliphatic heterocycles. The fourth-order valence-electron chi connectivity index (χ4n) is 2.93. The number of benzene rings is 1. The Hall–Kier alpha value is -1.93. The average molecular weight is 382 g/mol. The number of amides is 1. The number of nitrogens with one attached hydrogen (secondary N) is 1. The number of unbranched alkanes of at least 4 members (excludes halogenated alkanes) is 1. The molecule has 0 bridgehead atoms. The first-order valence-corrected chi connectivity index (χ1v) is 10.5. The molecule has 0 aliphatic carbocycles. The van der Waals surface area contributed by atoms with Crippen molar-refractivity contribution in [1.29, 1.82) is 0 Å². The molecule has 1 aromatic rings. The van der Waals surface area contributed by atoms with E-state index in [0.717, 1.165) is 25.7 Å². The Balaban J connectivity index is 1.99. The number of aliphatic carboxylic acids is 1. The number of carboxylic acid groups (broad SMARTS) is 1. The molecule has 1 fully saturated rings. The Morgan fingerprint density at radius 2 is 1.77 bits per heavy atom. The van der Waals surface area contributed by atoms with Gasteiger partial charge in [0, 0.05) is 31.6 Å². The second kappa shape index (κ2) is 9.68. The van der Waals surface area contributed by atoms with Crippen LogP contribution >= 0.6 is 0 Å². The third-order valence-electron chi connectivity index (χ3n) is 4.40. The molecule has 7 nitrogen and oxygen atoms in total. The quantitative estimate of drug-likeness (QED) is 0.671. The number of hydrogen-bond donors (Lipinski definition) is 2. The van der Waals surface area contributed by atoms with Gasteiger partial charge in [0.1, 0.15) is 0 Å². The van der Waals surface area contributed by atoms with E-state index in [4.69, 9.17) is 5.11 Å². The molecule has 1 aromatic carbocycles. The molecule has 1 saturated heterocycles. The first kappa shape index (κ1) is 20.4. The number of sulfonamides is 1. The molecular formula is C18H26N2O5S. The molecule has 2 rings (SSSR count). The number of carboxylic acids is 1. The first-order chi connectivity index (χ1) is 12.4. The summed E-state index contributed by atoms with van der Waals surface area (Å²) < 4.78 is 27.1. The summed E-state index contributed by atoms with van der Waals surface area (Å²) in [6.07, 6.45) is 4.90. The predicted octanol–water partition coefficient (Wildman–Crippen LogP) is 2.24. The number of carbonyl (C=O) groups excluding carboxylic acids is 1. The second-order valence-corrected chi connectivity index (χ2v) is 8.39. The minimum atomic E-state index is -3.59. The van der Waals surface area contributed by atoms with Crippen molar-refractivity contribution in [2.75, 3.05) is 19.6 Å². The molecule has 144 valence electrons. The second-order valence-electron chi connectivity index (χ2n) is 6.45. The van der Waals surface area contributed by atoms with Crippen molar-refractivity contribution in [2.24, 2.45) is 0 Å². The number of carbonyl (C=O) groups is 2. The zero-order valence-corrected chi connectivity index (χ0v) is 15.6. The number of rotatable bonds is 8. The summed E-state index contributed by atoms with van der Waals surface area (Å²) in [6.45, 7) is 1.39. The van der Waals surface area contributed by atoms with E-state index in [0.29, 0.717) is 38.0 Å². The fourth-order valence-corrected chi connectivity index (χ4v) is 4.50. The lowest BCUT2D eigenvalue weighted by Crippen LogP contribution is -2.32. The standard InChI is InChI=1S/C18H26N2O5S/c21-17(22)10-3-4-11-19-18(23)15-8-7-9-16(14-15)26(24,25)20-12-5-1-2-6-13-20/h7-9,14H,1-6,10-13H2,(H,19,23)(H,21,22). The molecular weight excluding hydrogens is 356 g/mol. The lowest BCUT2D eigenvalue weighted by atomic mass is 10.2. The fraction of sp³-hybridized carbons (Fsp3) is 0.556. The van der Waals surface area contributed by atoms with Gasteiger partial charge in [-0.05, 0) is 43.9 Å². The zero-order valence-electron chi connectivity index (χ0n) is 14.8. The van der Waals surface area contributed by atoms with E-state index in [1.165, 1.54) is 16.4 Å². The summed E-state index contributed by atoms with van der Waals surface area (Å²) in [5.41, 5.74) is 0.291. The van der Waals surface area contributed by atoms with E-state index in [1.807, 2.05) is 0 Å². The van der Waals surface area contributed by atoms with Crippen LogP contribution < -0.4 is 5.32 Å². The Morgan fingerprint density at radius 3 is 2.42 bits per heavy atom. The molecule has 0 atom stereocenters. The van der Waals surface area contributed by atoms with E-state index in [-0.39, 0.29) is 17.2 Å². The van der Waals surface area contributed by atoms with Crippen LogP contribution in [0.25, 0.3) is 0 Å². The Kier molecular flexibility index (Phi) is 7.59. The molecule has 1 amide bonds. The van der Waals surface area contributed by atoms with E-state index >= 15 is 0 Å². The minimum Gasteiger partial charge on any atom is -0.481 e. The molecule has 0 saturated carbocycles. The van der Waals surface area contributed by atoms with E-state index in [1.54, 1.807) is 12.1 Å². The van der Waals surface area contributed by atoms with Crippen molar-refractivity contribution < 1.29 is 23.1 Å². The third kappa shape index (κ3) is 5.81. The van der Waals surface area contributed by atoms with E-state index in [9.17, 15) is 18.0 Å². The Morgan fingerprint density at radius 1 is 1.08 bits per heavy atom. The van der Waals surface area contributed by atoms with Gasteiger partial charge in [0.05, 0.1) is 4.90 Å². The summed E-state index contributed by atoms with van der Waals surface area (Å²) in [4.78, 5) is 22.8. The van der Waals surface area contributed by atoms with Gasteiger partial charge in [-0.15, -0.1) is 0 Å². The topological polar surface area (TPSA) is 104 Å².